The van der Waals surface area contributed by atoms with Gasteiger partial charge in [-0.15, -0.1) is 0 Å². The van der Waals surface area contributed by atoms with Crippen LogP contribution in [0.1, 0.15) is 7.43 Å². The normalized spacial score (nSPS) is 9.31. The number of carbonyl (C=O) groups is 1. The van der Waals surface area contributed by atoms with Crippen molar-refractivity contribution in [1.29, 1.82) is 0 Å². The Morgan fingerprint density at radius 1 is 1.06 bits per heavy atom. The molecule has 0 aliphatic rings. The van der Waals surface area contributed by atoms with Crippen LogP contribution in [0.3, 0.4) is 0 Å². The molecule has 1 heterocycles. The number of hydrogen-bond donors (Lipinski definition) is 3. The lowest BCUT2D eigenvalue weighted by Crippen LogP contribution is -2.07. The van der Waals surface area contributed by atoms with Gasteiger partial charge in [0.2, 0.25) is 6.41 Å². The summed E-state index contributed by atoms with van der Waals surface area (Å²) in [5, 5.41) is 13.1. The molecular formula is C24H29BN7O3. The standard InChI is InChI=1S/C9H11N3O2.C7H8N2O.C7H6N2.CH4.B/c1-11(2)7-10-8-5-3-4-6-9(8)12(13)14;8-6-3-1-2-4-7(6)9-5-10;1-2-4-7-6(3-1)8-5-9-7;;/h3-7H,1-2H3;1-5H,8H2,(H,9,10);1-5H,(H,8,9);1H4;. The summed E-state index contributed by atoms with van der Waals surface area (Å²) in [5.74, 6) is 0. The zero-order valence-electron chi connectivity index (χ0n) is 18.8. The predicted octanol–water partition coefficient (Wildman–Crippen LogP) is 4.47. The molecule has 4 rings (SSSR count). The van der Waals surface area contributed by atoms with Gasteiger partial charge in [0.1, 0.15) is 5.69 Å². The number of nitrogens with one attached hydrogen (secondary N) is 2. The number of hydrogen-bond acceptors (Lipinski definition) is 6. The van der Waals surface area contributed by atoms with Crippen molar-refractivity contribution >= 4 is 54.9 Å². The van der Waals surface area contributed by atoms with E-state index >= 15 is 0 Å². The van der Waals surface area contributed by atoms with Crippen LogP contribution in [0.4, 0.5) is 22.7 Å². The van der Waals surface area contributed by atoms with Gasteiger partial charge in [0.05, 0.1) is 40.0 Å². The van der Waals surface area contributed by atoms with E-state index in [2.05, 4.69) is 20.3 Å². The molecule has 0 atom stereocenters. The van der Waals surface area contributed by atoms with Crippen LogP contribution >= 0.6 is 0 Å². The van der Waals surface area contributed by atoms with Gasteiger partial charge in [-0.2, -0.15) is 0 Å². The van der Waals surface area contributed by atoms with Crippen LogP contribution < -0.4 is 11.1 Å². The van der Waals surface area contributed by atoms with Gasteiger partial charge in [-0.25, -0.2) is 9.98 Å². The molecule has 0 bridgehead atoms. The molecule has 0 spiro atoms. The quantitative estimate of drug-likeness (QED) is 0.0741. The summed E-state index contributed by atoms with van der Waals surface area (Å²) >= 11 is 0. The average molecular weight is 474 g/mol. The lowest BCUT2D eigenvalue weighted by Gasteiger charge is -2.02. The van der Waals surface area contributed by atoms with Gasteiger partial charge < -0.3 is 20.9 Å². The maximum atomic E-state index is 10.6. The first-order valence-corrected chi connectivity index (χ1v) is 9.79. The third-order valence-corrected chi connectivity index (χ3v) is 4.01. The maximum Gasteiger partial charge on any atom is 0.294 e. The van der Waals surface area contributed by atoms with Crippen molar-refractivity contribution < 1.29 is 9.72 Å². The minimum absolute atomic E-state index is 0. The molecule has 4 aromatic rings. The second-order valence-corrected chi connectivity index (χ2v) is 6.72. The summed E-state index contributed by atoms with van der Waals surface area (Å²) in [5.41, 5.74) is 9.22. The topological polar surface area (TPSA) is 143 Å². The number of anilines is 2. The van der Waals surface area contributed by atoms with Crippen LogP contribution in [-0.4, -0.2) is 55.0 Å². The number of aromatic nitrogens is 2. The van der Waals surface area contributed by atoms with Gasteiger partial charge in [-0.3, -0.25) is 14.9 Å². The Kier molecular flexibility index (Phi) is 13.9. The number of nitrogens with two attached hydrogens (primary N) is 1. The second kappa shape index (κ2) is 16.0. The Morgan fingerprint density at radius 3 is 2.31 bits per heavy atom. The fourth-order valence-corrected chi connectivity index (χ4v) is 2.48. The zero-order valence-corrected chi connectivity index (χ0v) is 18.8. The fourth-order valence-electron chi connectivity index (χ4n) is 2.48. The molecule has 0 aliphatic heterocycles. The number of aromatic amines is 1. The third kappa shape index (κ3) is 10.2. The van der Waals surface area contributed by atoms with E-state index in [4.69, 9.17) is 5.73 Å². The first-order valence-electron chi connectivity index (χ1n) is 9.79. The lowest BCUT2D eigenvalue weighted by molar-refractivity contribution is -0.384. The summed E-state index contributed by atoms with van der Waals surface area (Å²) in [7, 11) is 3.61. The van der Waals surface area contributed by atoms with Gasteiger partial charge in [0, 0.05) is 28.6 Å². The van der Waals surface area contributed by atoms with Crippen molar-refractivity contribution in [3.8, 4) is 0 Å². The van der Waals surface area contributed by atoms with Crippen molar-refractivity contribution in [3.63, 3.8) is 0 Å². The van der Waals surface area contributed by atoms with Crippen LogP contribution in [0.2, 0.25) is 0 Å². The van der Waals surface area contributed by atoms with Crippen molar-refractivity contribution in [2.75, 3.05) is 25.1 Å². The summed E-state index contributed by atoms with van der Waals surface area (Å²) in [4.78, 5) is 32.9. The molecule has 10 nitrogen and oxygen atoms in total. The molecule has 1 amide bonds. The molecule has 0 unspecified atom stereocenters. The summed E-state index contributed by atoms with van der Waals surface area (Å²) < 4.78 is 0. The Balaban J connectivity index is 0.000000493. The molecule has 0 fully saturated rings. The minimum Gasteiger partial charge on any atom is -0.397 e. The molecule has 11 heteroatoms. The Hall–Kier alpha value is -4.67. The summed E-state index contributed by atoms with van der Waals surface area (Å²) in [6.07, 6.45) is 3.83. The number of nitro groups is 1. The van der Waals surface area contributed by atoms with Crippen molar-refractivity contribution in [1.82, 2.24) is 14.9 Å². The number of aliphatic imine (C=N–C) groups is 1. The number of H-pyrrole nitrogens is 1. The van der Waals surface area contributed by atoms with Crippen LogP contribution in [-0.2, 0) is 4.79 Å². The molecule has 3 radical (unpaired) electrons. The first kappa shape index (κ1) is 30.3. The number of imidazole rings is 1. The number of nitrogens with zero attached hydrogens (tertiary/aromatic N) is 4. The molecular weight excluding hydrogens is 445 g/mol. The Bertz CT molecular complexity index is 1180. The number of benzene rings is 3. The molecule has 4 N–H and O–H groups in total. The molecule has 0 saturated heterocycles. The summed E-state index contributed by atoms with van der Waals surface area (Å²) in [6.45, 7) is 0. The van der Waals surface area contributed by atoms with Crippen LogP contribution in [0.5, 0.6) is 0 Å². The van der Waals surface area contributed by atoms with Crippen molar-refractivity contribution in [3.05, 3.63) is 89.2 Å². The molecule has 0 saturated carbocycles. The van der Waals surface area contributed by atoms with Crippen molar-refractivity contribution in [2.45, 2.75) is 7.43 Å². The highest BCUT2D eigenvalue weighted by molar-refractivity contribution is 5.79. The number of amides is 1. The van der Waals surface area contributed by atoms with Gasteiger partial charge in [0.25, 0.3) is 5.69 Å². The van der Waals surface area contributed by atoms with E-state index in [1.807, 2.05) is 36.4 Å². The monoisotopic (exact) mass is 474 g/mol. The van der Waals surface area contributed by atoms with E-state index in [-0.39, 0.29) is 21.5 Å². The number of nitro benzene ring substituents is 1. The Morgan fingerprint density at radius 2 is 1.69 bits per heavy atom. The number of para-hydroxylation sites is 6. The second-order valence-electron chi connectivity index (χ2n) is 6.72. The molecule has 1 aromatic heterocycles. The maximum absolute atomic E-state index is 10.6. The average Bonchev–Trinajstić information content (AvgIpc) is 3.29. The number of carbonyl (C=O) groups excluding carboxylic acids is 1. The molecule has 181 valence electrons. The zero-order chi connectivity index (χ0) is 24.1. The summed E-state index contributed by atoms with van der Waals surface area (Å²) in [6, 6.07) is 21.4. The minimum atomic E-state index is -0.442. The molecule has 0 aliphatic carbocycles. The van der Waals surface area contributed by atoms with E-state index < -0.39 is 4.92 Å². The van der Waals surface area contributed by atoms with Gasteiger partial charge in [0.15, 0.2) is 0 Å². The molecule has 3 aromatic carbocycles. The lowest BCUT2D eigenvalue weighted by atomic mass is 10.3. The SMILES string of the molecule is C.CN(C)C=Nc1ccccc1[N+](=O)[O-].Nc1ccccc1NC=O.[B].c1ccc2[nH]cnc2c1. The predicted molar refractivity (Wildman–Crippen MR) is 144 cm³/mol. The van der Waals surface area contributed by atoms with Crippen LogP contribution in [0, 0.1) is 10.1 Å². The smallest absolute Gasteiger partial charge is 0.294 e. The Labute approximate surface area is 206 Å². The highest BCUT2D eigenvalue weighted by Gasteiger charge is 2.10. The van der Waals surface area contributed by atoms with Crippen molar-refractivity contribution in [2.24, 2.45) is 4.99 Å². The van der Waals surface area contributed by atoms with E-state index in [0.717, 1.165) is 11.0 Å². The number of nitrogen functional groups attached to an aromatic ring is 1. The fraction of sp³-hybridized carbons (Fsp3) is 0.125. The van der Waals surface area contributed by atoms with E-state index in [1.54, 1.807) is 55.7 Å². The van der Waals surface area contributed by atoms with Gasteiger partial charge >= 0.3 is 0 Å². The number of fused-ring (bicyclic) bond motifs is 1. The largest absolute Gasteiger partial charge is 0.397 e. The van der Waals surface area contributed by atoms with Crippen LogP contribution in [0.15, 0.2) is 84.1 Å². The number of rotatable bonds is 5. The first-order chi connectivity index (χ1) is 15.9. The third-order valence-electron chi connectivity index (χ3n) is 4.01. The van der Waals surface area contributed by atoms with Gasteiger partial charge in [-0.1, -0.05) is 43.8 Å². The highest BCUT2D eigenvalue weighted by Crippen LogP contribution is 2.25. The highest BCUT2D eigenvalue weighted by atomic mass is 16.6. The van der Waals surface area contributed by atoms with Gasteiger partial charge in [-0.05, 0) is 30.3 Å². The molecule has 35 heavy (non-hydrogen) atoms. The van der Waals surface area contributed by atoms with Crippen LogP contribution in [0.25, 0.3) is 11.0 Å². The van der Waals surface area contributed by atoms with E-state index in [9.17, 15) is 14.9 Å². The van der Waals surface area contributed by atoms with E-state index in [0.29, 0.717) is 23.5 Å². The van der Waals surface area contributed by atoms with E-state index in [1.165, 1.54) is 12.4 Å².